The number of carbonyl (C=O) groups is 1. The van der Waals surface area contributed by atoms with Gasteiger partial charge in [0.1, 0.15) is 6.04 Å². The van der Waals surface area contributed by atoms with Gasteiger partial charge in [-0.25, -0.2) is 0 Å². The third-order valence-electron chi connectivity index (χ3n) is 4.24. The summed E-state index contributed by atoms with van der Waals surface area (Å²) in [5.41, 5.74) is 1.71. The first-order valence-corrected chi connectivity index (χ1v) is 8.53. The molecule has 1 atom stereocenters. The van der Waals surface area contributed by atoms with Crippen LogP contribution in [0.3, 0.4) is 0 Å². The summed E-state index contributed by atoms with van der Waals surface area (Å²) in [6, 6.07) is 9.15. The van der Waals surface area contributed by atoms with Gasteiger partial charge in [-0.2, -0.15) is 0 Å². The maximum absolute atomic E-state index is 12.7. The van der Waals surface area contributed by atoms with Crippen LogP contribution in [0.2, 0.25) is 5.02 Å². The number of aromatic nitrogens is 1. The van der Waals surface area contributed by atoms with Crippen molar-refractivity contribution < 1.29 is 9.32 Å². The third kappa shape index (κ3) is 3.56. The molecule has 1 aromatic heterocycles. The molecular formula is C18H22ClN3O2. The minimum absolute atomic E-state index is 0.0703. The molecule has 1 aliphatic rings. The zero-order chi connectivity index (χ0) is 17.3. The Labute approximate surface area is 147 Å². The maximum Gasteiger partial charge on any atom is 0.249 e. The predicted molar refractivity (Wildman–Crippen MR) is 95.7 cm³/mol. The van der Waals surface area contributed by atoms with Crippen molar-refractivity contribution in [3.05, 3.63) is 41.0 Å². The van der Waals surface area contributed by atoms with Crippen molar-refractivity contribution >= 4 is 29.1 Å². The van der Waals surface area contributed by atoms with Crippen molar-refractivity contribution in [3.8, 4) is 0 Å². The van der Waals surface area contributed by atoms with Crippen molar-refractivity contribution in [2.75, 3.05) is 16.8 Å². The highest BCUT2D eigenvalue weighted by Crippen LogP contribution is 2.28. The fourth-order valence-corrected chi connectivity index (χ4v) is 3.00. The summed E-state index contributed by atoms with van der Waals surface area (Å²) in [7, 11) is 0. The van der Waals surface area contributed by atoms with Crippen LogP contribution in [0, 0.1) is 0 Å². The van der Waals surface area contributed by atoms with Gasteiger partial charge < -0.3 is 9.42 Å². The summed E-state index contributed by atoms with van der Waals surface area (Å²) < 4.78 is 5.26. The molecule has 1 aliphatic heterocycles. The summed E-state index contributed by atoms with van der Waals surface area (Å²) in [4.78, 5) is 14.8. The standard InChI is InChI=1S/C18H22ClN3O2/c1-18(2,3)15-11-16(24-21-15)20-17(23)14-5-4-10-22(14)13-8-6-12(19)7-9-13/h6-9,11,14H,4-5,10H2,1-3H3,(H,20,23). The third-order valence-corrected chi connectivity index (χ3v) is 4.49. The lowest BCUT2D eigenvalue weighted by atomic mass is 9.92. The molecule has 1 fully saturated rings. The summed E-state index contributed by atoms with van der Waals surface area (Å²) >= 11 is 5.95. The highest BCUT2D eigenvalue weighted by Gasteiger charge is 2.31. The van der Waals surface area contributed by atoms with Crippen molar-refractivity contribution in [1.82, 2.24) is 5.16 Å². The normalized spacial score (nSPS) is 18.0. The van der Waals surface area contributed by atoms with Crippen molar-refractivity contribution in [2.24, 2.45) is 0 Å². The molecule has 0 aliphatic carbocycles. The van der Waals surface area contributed by atoms with Crippen LogP contribution in [0.4, 0.5) is 11.6 Å². The van der Waals surface area contributed by atoms with E-state index in [9.17, 15) is 4.79 Å². The van der Waals surface area contributed by atoms with Crippen LogP contribution in [-0.2, 0) is 10.2 Å². The first kappa shape index (κ1) is 16.8. The quantitative estimate of drug-likeness (QED) is 0.902. The van der Waals surface area contributed by atoms with E-state index in [0.717, 1.165) is 30.8 Å². The van der Waals surface area contributed by atoms with Gasteiger partial charge in [-0.3, -0.25) is 10.1 Å². The Hall–Kier alpha value is -2.01. The SMILES string of the molecule is CC(C)(C)c1cc(NC(=O)C2CCCN2c2ccc(Cl)cc2)on1. The first-order valence-electron chi connectivity index (χ1n) is 8.15. The van der Waals surface area contributed by atoms with Gasteiger partial charge in [-0.15, -0.1) is 0 Å². The number of benzene rings is 1. The van der Waals surface area contributed by atoms with E-state index in [2.05, 4.69) is 36.1 Å². The van der Waals surface area contributed by atoms with Gasteiger partial charge in [-0.05, 0) is 37.1 Å². The molecule has 0 bridgehead atoms. The Morgan fingerprint density at radius 3 is 2.67 bits per heavy atom. The second-order valence-electron chi connectivity index (χ2n) is 7.14. The maximum atomic E-state index is 12.7. The molecule has 2 aromatic rings. The molecule has 1 N–H and O–H groups in total. The number of hydrogen-bond donors (Lipinski definition) is 1. The van der Waals surface area contributed by atoms with Gasteiger partial charge in [0.05, 0.1) is 5.69 Å². The number of carbonyl (C=O) groups excluding carboxylic acids is 1. The van der Waals surface area contributed by atoms with Crippen LogP contribution in [0.1, 0.15) is 39.3 Å². The van der Waals surface area contributed by atoms with Gasteiger partial charge >= 0.3 is 0 Å². The molecule has 3 rings (SSSR count). The molecule has 1 amide bonds. The molecule has 1 saturated heterocycles. The van der Waals surface area contributed by atoms with Gasteiger partial charge in [0, 0.05) is 28.7 Å². The van der Waals surface area contributed by atoms with Gasteiger partial charge in [0.2, 0.25) is 11.8 Å². The van der Waals surface area contributed by atoms with Crippen LogP contribution in [0.15, 0.2) is 34.9 Å². The molecule has 1 unspecified atom stereocenters. The van der Waals surface area contributed by atoms with E-state index in [1.165, 1.54) is 0 Å². The topological polar surface area (TPSA) is 58.4 Å². The average molecular weight is 348 g/mol. The monoisotopic (exact) mass is 347 g/mol. The van der Waals surface area contributed by atoms with Crippen LogP contribution >= 0.6 is 11.6 Å². The molecule has 6 heteroatoms. The van der Waals surface area contributed by atoms with Gasteiger partial charge in [0.15, 0.2) is 0 Å². The van der Waals surface area contributed by atoms with Crippen molar-refractivity contribution in [1.29, 1.82) is 0 Å². The number of nitrogens with one attached hydrogen (secondary N) is 1. The van der Waals surface area contributed by atoms with E-state index in [-0.39, 0.29) is 17.4 Å². The molecule has 0 spiro atoms. The Morgan fingerprint density at radius 1 is 1.33 bits per heavy atom. The van der Waals surface area contributed by atoms with E-state index < -0.39 is 0 Å². The minimum atomic E-state index is -0.214. The molecular weight excluding hydrogens is 326 g/mol. The Bertz CT molecular complexity index is 719. The summed E-state index contributed by atoms with van der Waals surface area (Å²) in [6.07, 6.45) is 1.79. The van der Waals surface area contributed by atoms with Gasteiger partial charge in [-0.1, -0.05) is 37.5 Å². The molecule has 5 nitrogen and oxygen atoms in total. The number of hydrogen-bond acceptors (Lipinski definition) is 4. The molecule has 24 heavy (non-hydrogen) atoms. The van der Waals surface area contributed by atoms with E-state index in [1.54, 1.807) is 6.07 Å². The van der Waals surface area contributed by atoms with Crippen LogP contribution in [0.5, 0.6) is 0 Å². The molecule has 128 valence electrons. The van der Waals surface area contributed by atoms with E-state index in [1.807, 2.05) is 24.3 Å². The smallest absolute Gasteiger partial charge is 0.249 e. The second-order valence-corrected chi connectivity index (χ2v) is 7.58. The Morgan fingerprint density at radius 2 is 2.04 bits per heavy atom. The fraction of sp³-hybridized carbons (Fsp3) is 0.444. The Kier molecular flexibility index (Phi) is 4.54. The van der Waals surface area contributed by atoms with E-state index in [4.69, 9.17) is 16.1 Å². The first-order chi connectivity index (χ1) is 11.3. The lowest BCUT2D eigenvalue weighted by Crippen LogP contribution is -2.39. The fourth-order valence-electron chi connectivity index (χ4n) is 2.87. The molecule has 2 heterocycles. The minimum Gasteiger partial charge on any atom is -0.360 e. The summed E-state index contributed by atoms with van der Waals surface area (Å²) in [5.74, 6) is 0.326. The molecule has 0 radical (unpaired) electrons. The van der Waals surface area contributed by atoms with Crippen molar-refractivity contribution in [3.63, 3.8) is 0 Å². The number of nitrogens with zero attached hydrogens (tertiary/aromatic N) is 2. The molecule has 1 aromatic carbocycles. The van der Waals surface area contributed by atoms with E-state index >= 15 is 0 Å². The summed E-state index contributed by atoms with van der Waals surface area (Å²) in [6.45, 7) is 7.00. The lowest BCUT2D eigenvalue weighted by molar-refractivity contribution is -0.117. The van der Waals surface area contributed by atoms with Gasteiger partial charge in [0.25, 0.3) is 0 Å². The zero-order valence-corrected chi connectivity index (χ0v) is 14.9. The van der Waals surface area contributed by atoms with Crippen LogP contribution < -0.4 is 10.2 Å². The number of amides is 1. The molecule has 0 saturated carbocycles. The number of anilines is 2. The number of rotatable bonds is 3. The van der Waals surface area contributed by atoms with Crippen LogP contribution in [0.25, 0.3) is 0 Å². The Balaban J connectivity index is 1.72. The largest absolute Gasteiger partial charge is 0.360 e. The number of halogens is 1. The van der Waals surface area contributed by atoms with Crippen molar-refractivity contribution in [2.45, 2.75) is 45.1 Å². The summed E-state index contributed by atoms with van der Waals surface area (Å²) in [5, 5.41) is 7.58. The highest BCUT2D eigenvalue weighted by molar-refractivity contribution is 6.30. The zero-order valence-electron chi connectivity index (χ0n) is 14.2. The lowest BCUT2D eigenvalue weighted by Gasteiger charge is -2.25. The van der Waals surface area contributed by atoms with E-state index in [0.29, 0.717) is 10.9 Å². The highest BCUT2D eigenvalue weighted by atomic mass is 35.5. The average Bonchev–Trinajstić information content (AvgIpc) is 3.16. The second kappa shape index (κ2) is 6.48. The van der Waals surface area contributed by atoms with Crippen LogP contribution in [-0.4, -0.2) is 23.7 Å². The predicted octanol–water partition coefficient (Wildman–Crippen LogP) is 4.23.